The number of hydrogen-bond donors (Lipinski definition) is 1. The summed E-state index contributed by atoms with van der Waals surface area (Å²) in [5.41, 5.74) is 0.611. The molecule has 0 radical (unpaired) electrons. The van der Waals surface area contributed by atoms with E-state index in [0.29, 0.717) is 19.6 Å². The fourth-order valence-corrected chi connectivity index (χ4v) is 3.15. The van der Waals surface area contributed by atoms with Gasteiger partial charge in [-0.3, -0.25) is 9.59 Å². The zero-order valence-corrected chi connectivity index (χ0v) is 13.9. The summed E-state index contributed by atoms with van der Waals surface area (Å²) in [5.74, 6) is -0.194. The molecule has 1 N–H and O–H groups in total. The van der Waals surface area contributed by atoms with Crippen molar-refractivity contribution in [3.8, 4) is 0 Å². The Labute approximate surface area is 140 Å². The number of aromatic amines is 1. The quantitative estimate of drug-likeness (QED) is 0.930. The van der Waals surface area contributed by atoms with E-state index in [2.05, 4.69) is 10.2 Å². The third kappa shape index (κ3) is 3.38. The van der Waals surface area contributed by atoms with Gasteiger partial charge in [0, 0.05) is 6.07 Å². The summed E-state index contributed by atoms with van der Waals surface area (Å²) in [4.78, 5) is 26.0. The molecule has 3 rings (SSSR count). The number of rotatable bonds is 3. The molecule has 1 aromatic heterocycles. The maximum absolute atomic E-state index is 13.0. The lowest BCUT2D eigenvalue weighted by atomic mass is 9.94. The lowest BCUT2D eigenvalue weighted by Gasteiger charge is -2.47. The average molecular weight is 327 g/mol. The van der Waals surface area contributed by atoms with Gasteiger partial charge in [0.25, 0.3) is 11.5 Å². The SMILES string of the molecule is CC1(C)COCC(Cc2ccccc2)N1C(=O)c1ccc(=O)[nH]n1. The van der Waals surface area contributed by atoms with Crippen LogP contribution in [0.4, 0.5) is 0 Å². The summed E-state index contributed by atoms with van der Waals surface area (Å²) >= 11 is 0. The summed E-state index contributed by atoms with van der Waals surface area (Å²) < 4.78 is 5.73. The minimum Gasteiger partial charge on any atom is -0.377 e. The van der Waals surface area contributed by atoms with Crippen molar-refractivity contribution in [2.75, 3.05) is 13.2 Å². The van der Waals surface area contributed by atoms with E-state index in [9.17, 15) is 9.59 Å². The van der Waals surface area contributed by atoms with Crippen molar-refractivity contribution in [3.05, 3.63) is 64.1 Å². The van der Waals surface area contributed by atoms with E-state index in [4.69, 9.17) is 4.74 Å². The number of carbonyl (C=O) groups excluding carboxylic acids is 1. The summed E-state index contributed by atoms with van der Waals surface area (Å²) in [7, 11) is 0. The summed E-state index contributed by atoms with van der Waals surface area (Å²) in [6.45, 7) is 4.91. The number of benzene rings is 1. The number of hydrogen-bond acceptors (Lipinski definition) is 4. The molecule has 1 atom stereocenters. The standard InChI is InChI=1S/C18H21N3O3/c1-18(2)12-24-11-14(10-13-6-4-3-5-7-13)21(18)17(23)15-8-9-16(22)20-19-15/h3-9,14H,10-12H2,1-2H3,(H,20,22). The summed E-state index contributed by atoms with van der Waals surface area (Å²) in [6.07, 6.45) is 0.708. The van der Waals surface area contributed by atoms with Crippen LogP contribution in [0.3, 0.4) is 0 Å². The van der Waals surface area contributed by atoms with Gasteiger partial charge in [0.2, 0.25) is 0 Å². The molecule has 0 saturated carbocycles. The first-order chi connectivity index (χ1) is 11.5. The Bertz CT molecular complexity index is 750. The second-order valence-electron chi connectivity index (χ2n) is 6.65. The molecule has 24 heavy (non-hydrogen) atoms. The lowest BCUT2D eigenvalue weighted by molar-refractivity contribution is -0.0706. The van der Waals surface area contributed by atoms with E-state index in [-0.39, 0.29) is 23.2 Å². The Morgan fingerprint density at radius 2 is 2.04 bits per heavy atom. The Morgan fingerprint density at radius 1 is 1.29 bits per heavy atom. The van der Waals surface area contributed by atoms with Gasteiger partial charge in [0.15, 0.2) is 0 Å². The first kappa shape index (κ1) is 16.4. The highest BCUT2D eigenvalue weighted by Gasteiger charge is 2.41. The fraction of sp³-hybridized carbons (Fsp3) is 0.389. The van der Waals surface area contributed by atoms with Crippen LogP contribution in [0.2, 0.25) is 0 Å². The van der Waals surface area contributed by atoms with Gasteiger partial charge in [-0.1, -0.05) is 30.3 Å². The fourth-order valence-electron chi connectivity index (χ4n) is 3.15. The molecule has 6 nitrogen and oxygen atoms in total. The summed E-state index contributed by atoms with van der Waals surface area (Å²) in [5, 5.41) is 6.22. The van der Waals surface area contributed by atoms with Gasteiger partial charge in [0.1, 0.15) is 5.69 Å². The smallest absolute Gasteiger partial charge is 0.275 e. The van der Waals surface area contributed by atoms with Crippen LogP contribution in [-0.4, -0.2) is 45.8 Å². The van der Waals surface area contributed by atoms with Crippen molar-refractivity contribution in [2.24, 2.45) is 0 Å². The molecule has 2 aromatic rings. The maximum Gasteiger partial charge on any atom is 0.275 e. The Hall–Kier alpha value is -2.47. The second kappa shape index (κ2) is 6.57. The van der Waals surface area contributed by atoms with Crippen LogP contribution in [0.25, 0.3) is 0 Å². The third-order valence-electron chi connectivity index (χ3n) is 4.21. The van der Waals surface area contributed by atoms with Crippen molar-refractivity contribution < 1.29 is 9.53 Å². The van der Waals surface area contributed by atoms with Crippen molar-refractivity contribution in [1.29, 1.82) is 0 Å². The van der Waals surface area contributed by atoms with E-state index in [1.165, 1.54) is 12.1 Å². The van der Waals surface area contributed by atoms with Crippen LogP contribution in [0.5, 0.6) is 0 Å². The summed E-state index contributed by atoms with van der Waals surface area (Å²) in [6, 6.07) is 12.7. The molecule has 6 heteroatoms. The Kier molecular flexibility index (Phi) is 4.49. The molecule has 2 heterocycles. The van der Waals surface area contributed by atoms with E-state index in [1.54, 1.807) is 0 Å². The molecule has 0 spiro atoms. The number of H-pyrrole nitrogens is 1. The largest absolute Gasteiger partial charge is 0.377 e. The van der Waals surface area contributed by atoms with Gasteiger partial charge in [-0.15, -0.1) is 0 Å². The van der Waals surface area contributed by atoms with Gasteiger partial charge >= 0.3 is 0 Å². The number of aromatic nitrogens is 2. The van der Waals surface area contributed by atoms with E-state index < -0.39 is 5.54 Å². The minimum atomic E-state index is -0.452. The highest BCUT2D eigenvalue weighted by molar-refractivity contribution is 5.93. The molecular formula is C18H21N3O3. The predicted molar refractivity (Wildman–Crippen MR) is 89.9 cm³/mol. The van der Waals surface area contributed by atoms with Crippen LogP contribution in [0.1, 0.15) is 29.9 Å². The molecule has 0 bridgehead atoms. The molecule has 1 aliphatic rings. The van der Waals surface area contributed by atoms with Gasteiger partial charge in [-0.05, 0) is 31.9 Å². The molecule has 126 valence electrons. The van der Waals surface area contributed by atoms with Crippen LogP contribution in [-0.2, 0) is 11.2 Å². The van der Waals surface area contributed by atoms with Crippen molar-refractivity contribution in [2.45, 2.75) is 31.8 Å². The zero-order valence-electron chi connectivity index (χ0n) is 13.9. The number of amides is 1. The Morgan fingerprint density at radius 3 is 2.71 bits per heavy atom. The zero-order chi connectivity index (χ0) is 17.2. The molecule has 1 aromatic carbocycles. The highest BCUT2D eigenvalue weighted by Crippen LogP contribution is 2.27. The number of morpholine rings is 1. The number of ether oxygens (including phenoxy) is 1. The lowest BCUT2D eigenvalue weighted by Crippen LogP contribution is -2.61. The molecule has 1 unspecified atom stereocenters. The van der Waals surface area contributed by atoms with Gasteiger partial charge in [0.05, 0.1) is 24.8 Å². The molecule has 1 fully saturated rings. The van der Waals surface area contributed by atoms with Crippen molar-refractivity contribution >= 4 is 5.91 Å². The second-order valence-corrected chi connectivity index (χ2v) is 6.65. The highest BCUT2D eigenvalue weighted by atomic mass is 16.5. The van der Waals surface area contributed by atoms with Gasteiger partial charge in [-0.25, -0.2) is 5.10 Å². The molecular weight excluding hydrogens is 306 g/mol. The van der Waals surface area contributed by atoms with Crippen LogP contribution in [0.15, 0.2) is 47.3 Å². The first-order valence-corrected chi connectivity index (χ1v) is 7.98. The van der Waals surface area contributed by atoms with E-state index in [0.717, 1.165) is 5.56 Å². The van der Waals surface area contributed by atoms with Gasteiger partial charge < -0.3 is 9.64 Å². The molecule has 1 saturated heterocycles. The number of carbonyl (C=O) groups is 1. The van der Waals surface area contributed by atoms with E-state index in [1.807, 2.05) is 49.1 Å². The molecule has 1 aliphatic heterocycles. The van der Waals surface area contributed by atoms with E-state index >= 15 is 0 Å². The average Bonchev–Trinajstić information content (AvgIpc) is 2.55. The van der Waals surface area contributed by atoms with Crippen LogP contribution in [0, 0.1) is 0 Å². The van der Waals surface area contributed by atoms with Crippen LogP contribution < -0.4 is 5.56 Å². The van der Waals surface area contributed by atoms with Gasteiger partial charge in [-0.2, -0.15) is 5.10 Å². The van der Waals surface area contributed by atoms with Crippen molar-refractivity contribution in [3.63, 3.8) is 0 Å². The van der Waals surface area contributed by atoms with Crippen molar-refractivity contribution in [1.82, 2.24) is 15.1 Å². The van der Waals surface area contributed by atoms with Crippen LogP contribution >= 0.6 is 0 Å². The maximum atomic E-state index is 13.0. The monoisotopic (exact) mass is 327 g/mol. The Balaban J connectivity index is 1.90. The predicted octanol–water partition coefficient (Wildman–Crippen LogP) is 1.63. The minimum absolute atomic E-state index is 0.0858. The number of nitrogens with zero attached hydrogens (tertiary/aromatic N) is 2. The normalized spacial score (nSPS) is 19.9. The third-order valence-corrected chi connectivity index (χ3v) is 4.21. The number of nitrogens with one attached hydrogen (secondary N) is 1. The first-order valence-electron chi connectivity index (χ1n) is 7.98. The topological polar surface area (TPSA) is 75.3 Å². The molecule has 1 amide bonds. The molecule has 0 aliphatic carbocycles.